The normalized spacial score (nSPS) is 11.7. The second kappa shape index (κ2) is 9.53. The monoisotopic (exact) mass is 500 g/mol. The van der Waals surface area contributed by atoms with E-state index in [0.717, 1.165) is 5.56 Å². The maximum Gasteiger partial charge on any atom is 0.294 e. The predicted molar refractivity (Wildman–Crippen MR) is 135 cm³/mol. The second-order valence-corrected chi connectivity index (χ2v) is 9.63. The van der Waals surface area contributed by atoms with Crippen LogP contribution in [0.25, 0.3) is 33.8 Å². The van der Waals surface area contributed by atoms with Crippen molar-refractivity contribution >= 4 is 16.9 Å². The van der Waals surface area contributed by atoms with Crippen LogP contribution in [0.2, 0.25) is 0 Å². The van der Waals surface area contributed by atoms with Gasteiger partial charge in [-0.3, -0.25) is 4.79 Å². The van der Waals surface area contributed by atoms with E-state index < -0.39 is 5.82 Å². The Hall–Kier alpha value is -4.47. The number of aryl methyl sites for hydroxylation is 1. The van der Waals surface area contributed by atoms with E-state index in [2.05, 4.69) is 30.1 Å². The van der Waals surface area contributed by atoms with Crippen molar-refractivity contribution in [3.8, 4) is 28.4 Å². The average molecular weight is 501 g/mol. The van der Waals surface area contributed by atoms with Gasteiger partial charge in [0.2, 0.25) is 5.78 Å². The Morgan fingerprint density at radius 3 is 2.62 bits per heavy atom. The van der Waals surface area contributed by atoms with Crippen molar-refractivity contribution < 1.29 is 18.4 Å². The number of nitrogens with one attached hydrogen (secondary N) is 1. The Labute approximate surface area is 212 Å². The highest BCUT2D eigenvalue weighted by Gasteiger charge is 2.24. The summed E-state index contributed by atoms with van der Waals surface area (Å²) in [4.78, 5) is 33.2. The molecular formula is C27H25FN6O3. The molecule has 4 heterocycles. The number of benzene rings is 1. The van der Waals surface area contributed by atoms with Crippen LogP contribution in [0.3, 0.4) is 0 Å². The molecule has 9 nitrogen and oxygen atoms in total. The Kier molecular flexibility index (Phi) is 6.24. The van der Waals surface area contributed by atoms with Crippen molar-refractivity contribution in [2.24, 2.45) is 0 Å². The number of hydrogen-bond donors (Lipinski definition) is 1. The van der Waals surface area contributed by atoms with E-state index in [0.29, 0.717) is 45.4 Å². The van der Waals surface area contributed by atoms with Crippen molar-refractivity contribution in [3.63, 3.8) is 0 Å². The smallest absolute Gasteiger partial charge is 0.294 e. The molecule has 5 rings (SSSR count). The maximum atomic E-state index is 15.1. The lowest BCUT2D eigenvalue weighted by atomic mass is 9.96. The molecule has 0 radical (unpaired) electrons. The van der Waals surface area contributed by atoms with Gasteiger partial charge in [-0.05, 0) is 41.8 Å². The molecular weight excluding hydrogens is 475 g/mol. The van der Waals surface area contributed by atoms with E-state index in [-0.39, 0.29) is 29.9 Å². The van der Waals surface area contributed by atoms with Crippen LogP contribution in [0.4, 0.5) is 4.39 Å². The Bertz CT molecular complexity index is 1580. The SMILES string of the molecule is COc1ccc(-c2nc3nccc(-c4ccc(CCC(=O)c5nc(C(C)(C)C)no5)c(F)c4)c3[nH]2)nc1. The summed E-state index contributed by atoms with van der Waals surface area (Å²) in [5.74, 6) is 0.862. The third-order valence-corrected chi connectivity index (χ3v) is 5.93. The quantitative estimate of drug-likeness (QED) is 0.298. The highest BCUT2D eigenvalue weighted by Crippen LogP contribution is 2.30. The minimum atomic E-state index is -0.410. The van der Waals surface area contributed by atoms with Gasteiger partial charge in [0.15, 0.2) is 17.3 Å². The number of ketones is 1. The van der Waals surface area contributed by atoms with Gasteiger partial charge in [-0.1, -0.05) is 38.1 Å². The number of halogens is 1. The Morgan fingerprint density at radius 1 is 1.11 bits per heavy atom. The zero-order chi connectivity index (χ0) is 26.2. The summed E-state index contributed by atoms with van der Waals surface area (Å²) in [5.41, 5.74) is 3.29. The molecule has 5 aromatic rings. The number of rotatable bonds is 7. The molecule has 0 fully saturated rings. The van der Waals surface area contributed by atoms with Crippen LogP contribution in [-0.4, -0.2) is 43.0 Å². The van der Waals surface area contributed by atoms with Crippen LogP contribution >= 0.6 is 0 Å². The van der Waals surface area contributed by atoms with Crippen LogP contribution in [0.1, 0.15) is 49.3 Å². The number of methoxy groups -OCH3 is 1. The fourth-order valence-corrected chi connectivity index (χ4v) is 3.83. The lowest BCUT2D eigenvalue weighted by molar-refractivity contribution is 0.0940. The van der Waals surface area contributed by atoms with E-state index in [1.807, 2.05) is 26.8 Å². The first-order chi connectivity index (χ1) is 17.7. The molecule has 0 spiro atoms. The summed E-state index contributed by atoms with van der Waals surface area (Å²) < 4.78 is 25.3. The zero-order valence-corrected chi connectivity index (χ0v) is 20.9. The van der Waals surface area contributed by atoms with Gasteiger partial charge in [0.05, 0.1) is 18.8 Å². The van der Waals surface area contributed by atoms with Gasteiger partial charge < -0.3 is 14.2 Å². The molecule has 0 aliphatic rings. The fourth-order valence-electron chi connectivity index (χ4n) is 3.83. The third kappa shape index (κ3) is 4.95. The zero-order valence-electron chi connectivity index (χ0n) is 20.9. The van der Waals surface area contributed by atoms with Crippen LogP contribution in [0, 0.1) is 5.82 Å². The van der Waals surface area contributed by atoms with E-state index in [1.165, 1.54) is 6.07 Å². The van der Waals surface area contributed by atoms with Gasteiger partial charge in [-0.25, -0.2) is 19.3 Å². The first kappa shape index (κ1) is 24.2. The van der Waals surface area contributed by atoms with Crippen molar-refractivity contribution in [3.05, 3.63) is 71.9 Å². The summed E-state index contributed by atoms with van der Waals surface area (Å²) in [6.45, 7) is 5.79. The number of ether oxygens (including phenoxy) is 1. The number of carbonyl (C=O) groups excluding carboxylic acids is 1. The summed E-state index contributed by atoms with van der Waals surface area (Å²) in [5, 5.41) is 3.88. The summed E-state index contributed by atoms with van der Waals surface area (Å²) in [6.07, 6.45) is 3.50. The Morgan fingerprint density at radius 2 is 1.95 bits per heavy atom. The molecule has 0 bridgehead atoms. The molecule has 188 valence electrons. The maximum absolute atomic E-state index is 15.1. The Balaban J connectivity index is 1.35. The fraction of sp³-hybridized carbons (Fsp3) is 0.259. The van der Waals surface area contributed by atoms with Crippen molar-refractivity contribution in [1.29, 1.82) is 0 Å². The number of pyridine rings is 2. The molecule has 1 aromatic carbocycles. The lowest BCUT2D eigenvalue weighted by Gasteiger charge is -2.10. The number of hydrogen-bond acceptors (Lipinski definition) is 8. The van der Waals surface area contributed by atoms with Gasteiger partial charge in [-0.2, -0.15) is 4.98 Å². The van der Waals surface area contributed by atoms with E-state index in [9.17, 15) is 4.79 Å². The van der Waals surface area contributed by atoms with Crippen LogP contribution in [-0.2, 0) is 11.8 Å². The highest BCUT2D eigenvalue weighted by atomic mass is 19.1. The van der Waals surface area contributed by atoms with Gasteiger partial charge in [-0.15, -0.1) is 0 Å². The summed E-state index contributed by atoms with van der Waals surface area (Å²) >= 11 is 0. The molecule has 0 saturated heterocycles. The molecule has 0 aliphatic carbocycles. The van der Waals surface area contributed by atoms with Gasteiger partial charge in [0.1, 0.15) is 17.3 Å². The highest BCUT2D eigenvalue weighted by molar-refractivity contribution is 5.92. The minimum Gasteiger partial charge on any atom is -0.495 e. The van der Waals surface area contributed by atoms with E-state index in [1.54, 1.807) is 43.8 Å². The van der Waals surface area contributed by atoms with Crippen molar-refractivity contribution in [1.82, 2.24) is 30.1 Å². The van der Waals surface area contributed by atoms with Crippen LogP contribution in [0.5, 0.6) is 5.75 Å². The van der Waals surface area contributed by atoms with Crippen molar-refractivity contribution in [2.75, 3.05) is 7.11 Å². The molecule has 0 amide bonds. The average Bonchev–Trinajstić information content (AvgIpc) is 3.56. The molecule has 1 N–H and O–H groups in total. The predicted octanol–water partition coefficient (Wildman–Crippen LogP) is 5.33. The van der Waals surface area contributed by atoms with Crippen LogP contribution < -0.4 is 4.74 Å². The minimum absolute atomic E-state index is 0.0532. The van der Waals surface area contributed by atoms with Gasteiger partial charge >= 0.3 is 0 Å². The van der Waals surface area contributed by atoms with Crippen molar-refractivity contribution in [2.45, 2.75) is 39.0 Å². The molecule has 10 heteroatoms. The number of carbonyl (C=O) groups is 1. The summed E-state index contributed by atoms with van der Waals surface area (Å²) in [7, 11) is 1.58. The number of H-pyrrole nitrogens is 1. The molecule has 0 aliphatic heterocycles. The molecule has 0 atom stereocenters. The van der Waals surface area contributed by atoms with Crippen LogP contribution in [0.15, 0.2) is 53.3 Å². The molecule has 0 unspecified atom stereocenters. The van der Waals surface area contributed by atoms with E-state index in [4.69, 9.17) is 9.26 Å². The molecule has 37 heavy (non-hydrogen) atoms. The number of imidazole rings is 1. The van der Waals surface area contributed by atoms with E-state index >= 15 is 4.39 Å². The summed E-state index contributed by atoms with van der Waals surface area (Å²) in [6, 6.07) is 10.3. The number of Topliss-reactive ketones (excluding diaryl/α,β-unsaturated/α-hetero) is 1. The van der Waals surface area contributed by atoms with Gasteiger partial charge in [0, 0.05) is 23.6 Å². The lowest BCUT2D eigenvalue weighted by Crippen LogP contribution is -2.13. The number of nitrogens with zero attached hydrogens (tertiary/aromatic N) is 5. The number of aromatic amines is 1. The first-order valence-corrected chi connectivity index (χ1v) is 11.7. The first-order valence-electron chi connectivity index (χ1n) is 11.7. The number of fused-ring (bicyclic) bond motifs is 1. The third-order valence-electron chi connectivity index (χ3n) is 5.93. The topological polar surface area (TPSA) is 120 Å². The molecule has 0 saturated carbocycles. The number of aromatic nitrogens is 6. The largest absolute Gasteiger partial charge is 0.495 e. The van der Waals surface area contributed by atoms with Gasteiger partial charge in [0.25, 0.3) is 5.89 Å². The second-order valence-electron chi connectivity index (χ2n) is 9.63. The molecule has 4 aromatic heterocycles. The standard InChI is InChI=1S/C27H25FN6O3/c1-27(2,3)26-33-25(37-34-26)21(35)10-7-15-5-6-16(13-19(15)28)18-11-12-29-24-22(18)31-23(32-24)20-9-8-17(36-4)14-30-20/h5-6,8-9,11-14H,7,10H2,1-4H3,(H,29,31,32).